The first-order valence-electron chi connectivity index (χ1n) is 8.01. The van der Waals surface area contributed by atoms with Crippen LogP contribution < -0.4 is 0 Å². The molecule has 4 rings (SSSR count). The lowest BCUT2D eigenvalue weighted by molar-refractivity contribution is 1.09. The lowest BCUT2D eigenvalue weighted by atomic mass is 10.1. The number of halogens is 2. The Kier molecular flexibility index (Phi) is 4.48. The molecule has 0 aliphatic carbocycles. The number of rotatable bonds is 3. The molecule has 1 nitrogen and oxygen atoms in total. The maximum atomic E-state index is 6.06. The van der Waals surface area contributed by atoms with Crippen molar-refractivity contribution >= 4 is 27.5 Å². The molecule has 0 aliphatic heterocycles. The Labute approximate surface area is 160 Å². The van der Waals surface area contributed by atoms with Gasteiger partial charge in [0.25, 0.3) is 0 Å². The van der Waals surface area contributed by atoms with Crippen LogP contribution in [0, 0.1) is 0 Å². The first-order chi connectivity index (χ1) is 12.2. The lowest BCUT2D eigenvalue weighted by Gasteiger charge is -2.14. The van der Waals surface area contributed by atoms with Gasteiger partial charge in [0.05, 0.1) is 11.4 Å². The summed E-state index contributed by atoms with van der Waals surface area (Å²) in [5.74, 6) is 0. The van der Waals surface area contributed by atoms with Crippen LogP contribution in [0.3, 0.4) is 0 Å². The third-order valence-corrected chi connectivity index (χ3v) is 4.96. The normalized spacial score (nSPS) is 10.8. The highest BCUT2D eigenvalue weighted by Gasteiger charge is 2.13. The van der Waals surface area contributed by atoms with Crippen LogP contribution in [-0.4, -0.2) is 4.57 Å². The lowest BCUT2D eigenvalue weighted by Crippen LogP contribution is -1.99. The van der Waals surface area contributed by atoms with E-state index in [1.165, 1.54) is 5.56 Å². The highest BCUT2D eigenvalue weighted by Crippen LogP contribution is 2.33. The highest BCUT2D eigenvalue weighted by molar-refractivity contribution is 9.10. The minimum absolute atomic E-state index is 0.745. The third-order valence-electron chi connectivity index (χ3n) is 4.18. The van der Waals surface area contributed by atoms with Gasteiger partial charge in [0.1, 0.15) is 0 Å². The molecule has 0 saturated heterocycles. The predicted octanol–water partition coefficient (Wildman–Crippen LogP) is 7.23. The van der Waals surface area contributed by atoms with Crippen molar-refractivity contribution in [1.29, 1.82) is 0 Å². The molecule has 0 aliphatic rings. The molecule has 0 atom stereocenters. The van der Waals surface area contributed by atoms with E-state index in [2.05, 4.69) is 93.3 Å². The molecule has 0 fully saturated rings. The summed E-state index contributed by atoms with van der Waals surface area (Å²) in [6.07, 6.45) is 0. The molecule has 0 N–H and O–H groups in total. The summed E-state index contributed by atoms with van der Waals surface area (Å²) in [5, 5.41) is 0.745. The van der Waals surface area contributed by atoms with Gasteiger partial charge in [0.2, 0.25) is 0 Å². The number of nitrogens with zero attached hydrogens (tertiary/aromatic N) is 1. The third kappa shape index (κ3) is 3.28. The van der Waals surface area contributed by atoms with Gasteiger partial charge in [-0.2, -0.15) is 0 Å². The van der Waals surface area contributed by atoms with Crippen molar-refractivity contribution in [1.82, 2.24) is 4.57 Å². The Morgan fingerprint density at radius 1 is 0.600 bits per heavy atom. The molecule has 3 heteroatoms. The van der Waals surface area contributed by atoms with E-state index < -0.39 is 0 Å². The zero-order valence-electron chi connectivity index (χ0n) is 13.4. The number of benzene rings is 3. The van der Waals surface area contributed by atoms with Crippen molar-refractivity contribution in [2.45, 2.75) is 0 Å². The van der Waals surface area contributed by atoms with Gasteiger partial charge < -0.3 is 4.57 Å². The molecular formula is C22H15BrClN. The van der Waals surface area contributed by atoms with Crippen LogP contribution in [0.1, 0.15) is 0 Å². The summed E-state index contributed by atoms with van der Waals surface area (Å²) < 4.78 is 3.36. The maximum absolute atomic E-state index is 6.06. The van der Waals surface area contributed by atoms with Crippen LogP contribution in [0.4, 0.5) is 0 Å². The largest absolute Gasteiger partial charge is 0.309 e. The van der Waals surface area contributed by atoms with Gasteiger partial charge in [-0.15, -0.1) is 0 Å². The van der Waals surface area contributed by atoms with Crippen molar-refractivity contribution in [2.75, 3.05) is 0 Å². The SMILES string of the molecule is Clc1ccc(-c2ccc(-c3ccc(Br)cc3)n2-c2ccccc2)cc1. The number of hydrogen-bond acceptors (Lipinski definition) is 0. The Hall–Kier alpha value is -2.29. The molecule has 0 spiro atoms. The second-order valence-corrected chi connectivity index (χ2v) is 7.14. The Morgan fingerprint density at radius 3 is 1.68 bits per heavy atom. The molecule has 122 valence electrons. The zero-order chi connectivity index (χ0) is 17.2. The van der Waals surface area contributed by atoms with Crippen molar-refractivity contribution < 1.29 is 0 Å². The molecule has 0 bridgehead atoms. The van der Waals surface area contributed by atoms with Gasteiger partial charge in [-0.05, 0) is 59.7 Å². The summed E-state index contributed by atoms with van der Waals surface area (Å²) in [4.78, 5) is 0. The molecule has 3 aromatic carbocycles. The standard InChI is InChI=1S/C22H15BrClN/c23-18-10-6-16(7-11-18)21-14-15-22(17-8-12-19(24)13-9-17)25(21)20-4-2-1-3-5-20/h1-15H. The zero-order valence-corrected chi connectivity index (χ0v) is 15.7. The van der Waals surface area contributed by atoms with E-state index in [4.69, 9.17) is 11.6 Å². The Morgan fingerprint density at radius 2 is 1.12 bits per heavy atom. The number of aromatic nitrogens is 1. The van der Waals surface area contributed by atoms with Crippen LogP contribution in [-0.2, 0) is 0 Å². The molecule has 25 heavy (non-hydrogen) atoms. The summed E-state index contributed by atoms with van der Waals surface area (Å²) in [6, 6.07) is 31.1. The fourth-order valence-corrected chi connectivity index (χ4v) is 3.37. The van der Waals surface area contributed by atoms with E-state index in [9.17, 15) is 0 Å². The summed E-state index contributed by atoms with van der Waals surface area (Å²) in [6.45, 7) is 0. The number of para-hydroxylation sites is 1. The topological polar surface area (TPSA) is 4.93 Å². The van der Waals surface area contributed by atoms with Crippen LogP contribution in [0.2, 0.25) is 5.02 Å². The molecule has 0 amide bonds. The van der Waals surface area contributed by atoms with Crippen LogP contribution >= 0.6 is 27.5 Å². The minimum Gasteiger partial charge on any atom is -0.309 e. The minimum atomic E-state index is 0.745. The van der Waals surface area contributed by atoms with E-state index in [1.807, 2.05) is 18.2 Å². The molecule has 0 saturated carbocycles. The van der Waals surface area contributed by atoms with Crippen molar-refractivity contribution in [3.05, 3.63) is 100 Å². The summed E-state index contributed by atoms with van der Waals surface area (Å²) >= 11 is 9.57. The van der Waals surface area contributed by atoms with Crippen molar-refractivity contribution in [3.8, 4) is 28.2 Å². The van der Waals surface area contributed by atoms with E-state index in [0.717, 1.165) is 32.1 Å². The van der Waals surface area contributed by atoms with E-state index in [-0.39, 0.29) is 0 Å². The van der Waals surface area contributed by atoms with Gasteiger partial charge in [0.15, 0.2) is 0 Å². The van der Waals surface area contributed by atoms with E-state index in [1.54, 1.807) is 0 Å². The van der Waals surface area contributed by atoms with Crippen LogP contribution in [0.5, 0.6) is 0 Å². The fourth-order valence-electron chi connectivity index (χ4n) is 2.98. The van der Waals surface area contributed by atoms with Gasteiger partial charge in [-0.1, -0.05) is 70.0 Å². The molecule has 1 heterocycles. The van der Waals surface area contributed by atoms with E-state index in [0.29, 0.717) is 0 Å². The molecule has 1 aromatic heterocycles. The first-order valence-corrected chi connectivity index (χ1v) is 9.18. The average Bonchev–Trinajstić information content (AvgIpc) is 3.09. The molecule has 0 unspecified atom stereocenters. The van der Waals surface area contributed by atoms with E-state index >= 15 is 0 Å². The van der Waals surface area contributed by atoms with Crippen molar-refractivity contribution in [3.63, 3.8) is 0 Å². The Bertz CT molecular complexity index is 924. The van der Waals surface area contributed by atoms with Crippen LogP contribution in [0.15, 0.2) is 95.5 Å². The van der Waals surface area contributed by atoms with Crippen LogP contribution in [0.25, 0.3) is 28.2 Å². The van der Waals surface area contributed by atoms with Crippen molar-refractivity contribution in [2.24, 2.45) is 0 Å². The molecule has 0 radical (unpaired) electrons. The summed E-state index contributed by atoms with van der Waals surface area (Å²) in [5.41, 5.74) is 5.74. The molecular weight excluding hydrogens is 394 g/mol. The average molecular weight is 409 g/mol. The fraction of sp³-hybridized carbons (Fsp3) is 0. The second-order valence-electron chi connectivity index (χ2n) is 5.79. The monoisotopic (exact) mass is 407 g/mol. The van der Waals surface area contributed by atoms with Gasteiger partial charge >= 0.3 is 0 Å². The maximum Gasteiger partial charge on any atom is 0.0535 e. The smallest absolute Gasteiger partial charge is 0.0535 e. The van der Waals surface area contributed by atoms with Gasteiger partial charge in [-0.25, -0.2) is 0 Å². The second kappa shape index (κ2) is 6.91. The highest BCUT2D eigenvalue weighted by atomic mass is 79.9. The first kappa shape index (κ1) is 16.2. The number of hydrogen-bond donors (Lipinski definition) is 0. The predicted molar refractivity (Wildman–Crippen MR) is 109 cm³/mol. The van der Waals surface area contributed by atoms with Gasteiger partial charge in [0, 0.05) is 15.2 Å². The van der Waals surface area contributed by atoms with Gasteiger partial charge in [-0.3, -0.25) is 0 Å². The Balaban J connectivity index is 1.94. The quantitative estimate of drug-likeness (QED) is 0.337. The summed E-state index contributed by atoms with van der Waals surface area (Å²) in [7, 11) is 0. The molecule has 4 aromatic rings.